The van der Waals surface area contributed by atoms with E-state index < -0.39 is 18.0 Å². The van der Waals surface area contributed by atoms with Crippen molar-refractivity contribution < 1.29 is 18.3 Å². The quantitative estimate of drug-likeness (QED) is 0.663. The van der Waals surface area contributed by atoms with Crippen LogP contribution >= 0.6 is 0 Å². The van der Waals surface area contributed by atoms with E-state index in [9.17, 15) is 13.6 Å². The van der Waals surface area contributed by atoms with Crippen LogP contribution in [0.25, 0.3) is 0 Å². The predicted molar refractivity (Wildman–Crippen MR) is 40.5 cm³/mol. The smallest absolute Gasteiger partial charge is 0.338 e. The molecule has 13 heavy (non-hydrogen) atoms. The van der Waals surface area contributed by atoms with Gasteiger partial charge in [0.15, 0.2) is 0 Å². The third-order valence-corrected chi connectivity index (χ3v) is 1.49. The largest absolute Gasteiger partial charge is 0.465 e. The SMILES string of the molecule is COC(=O)c1ccncc1C(F)F. The van der Waals surface area contributed by atoms with E-state index >= 15 is 0 Å². The number of hydrogen-bond donors (Lipinski definition) is 0. The fraction of sp³-hybridized carbons (Fsp3) is 0.250. The summed E-state index contributed by atoms with van der Waals surface area (Å²) in [6, 6.07) is 1.20. The fourth-order valence-corrected chi connectivity index (χ4v) is 0.876. The van der Waals surface area contributed by atoms with Gasteiger partial charge in [0.1, 0.15) is 0 Å². The number of halogens is 2. The first kappa shape index (κ1) is 9.57. The zero-order chi connectivity index (χ0) is 9.84. The maximum Gasteiger partial charge on any atom is 0.338 e. The minimum absolute atomic E-state index is 0.146. The highest BCUT2D eigenvalue weighted by Gasteiger charge is 2.18. The number of esters is 1. The molecule has 1 rings (SSSR count). The maximum atomic E-state index is 12.3. The van der Waals surface area contributed by atoms with Crippen molar-refractivity contribution in [1.29, 1.82) is 0 Å². The van der Waals surface area contributed by atoms with Crippen molar-refractivity contribution in [3.05, 3.63) is 29.6 Å². The van der Waals surface area contributed by atoms with E-state index in [4.69, 9.17) is 0 Å². The lowest BCUT2D eigenvalue weighted by molar-refractivity contribution is 0.0589. The molecule has 3 nitrogen and oxygen atoms in total. The summed E-state index contributed by atoms with van der Waals surface area (Å²) in [5.74, 6) is -0.780. The van der Waals surface area contributed by atoms with Gasteiger partial charge >= 0.3 is 5.97 Å². The topological polar surface area (TPSA) is 39.2 Å². The predicted octanol–water partition coefficient (Wildman–Crippen LogP) is 1.81. The molecular weight excluding hydrogens is 180 g/mol. The van der Waals surface area contributed by atoms with Gasteiger partial charge in [-0.15, -0.1) is 0 Å². The molecule has 1 aromatic heterocycles. The summed E-state index contributed by atoms with van der Waals surface area (Å²) in [4.78, 5) is 14.5. The average Bonchev–Trinajstić information content (AvgIpc) is 2.16. The van der Waals surface area contributed by atoms with Crippen LogP contribution in [-0.4, -0.2) is 18.1 Å². The summed E-state index contributed by atoms with van der Waals surface area (Å²) in [6.07, 6.45) is -0.502. The van der Waals surface area contributed by atoms with Crippen molar-refractivity contribution in [3.8, 4) is 0 Å². The van der Waals surface area contributed by atoms with E-state index in [2.05, 4.69) is 9.72 Å². The first-order valence-electron chi connectivity index (χ1n) is 3.47. The molecule has 0 saturated carbocycles. The molecule has 0 aliphatic heterocycles. The van der Waals surface area contributed by atoms with Gasteiger partial charge < -0.3 is 4.74 Å². The Labute approximate surface area is 73.4 Å². The van der Waals surface area contributed by atoms with Gasteiger partial charge in [-0.2, -0.15) is 0 Å². The minimum atomic E-state index is -2.72. The van der Waals surface area contributed by atoms with Gasteiger partial charge in [0, 0.05) is 12.4 Å². The summed E-state index contributed by atoms with van der Waals surface area (Å²) in [5.41, 5.74) is -0.554. The standard InChI is InChI=1S/C8H7F2NO2/c1-13-8(12)5-2-3-11-4-6(5)7(9)10/h2-4,7H,1H3. The second-order valence-corrected chi connectivity index (χ2v) is 2.26. The Morgan fingerprint density at radius 2 is 2.31 bits per heavy atom. The molecule has 0 spiro atoms. The molecule has 1 aromatic rings. The Kier molecular flexibility index (Phi) is 2.89. The van der Waals surface area contributed by atoms with Gasteiger partial charge in [-0.25, -0.2) is 13.6 Å². The van der Waals surface area contributed by atoms with Crippen LogP contribution in [0.4, 0.5) is 8.78 Å². The van der Waals surface area contributed by atoms with Crippen LogP contribution in [0.1, 0.15) is 22.3 Å². The lowest BCUT2D eigenvalue weighted by Crippen LogP contribution is -2.06. The van der Waals surface area contributed by atoms with Crippen LogP contribution in [0.15, 0.2) is 18.5 Å². The number of carbonyl (C=O) groups excluding carboxylic acids is 1. The third kappa shape index (κ3) is 1.99. The van der Waals surface area contributed by atoms with E-state index in [0.717, 1.165) is 13.3 Å². The summed E-state index contributed by atoms with van der Waals surface area (Å²) in [6.45, 7) is 0. The van der Waals surface area contributed by atoms with Gasteiger partial charge in [-0.3, -0.25) is 4.98 Å². The summed E-state index contributed by atoms with van der Waals surface area (Å²) < 4.78 is 28.9. The van der Waals surface area contributed by atoms with E-state index in [-0.39, 0.29) is 5.56 Å². The highest BCUT2D eigenvalue weighted by atomic mass is 19.3. The van der Waals surface area contributed by atoms with Gasteiger partial charge in [-0.05, 0) is 6.07 Å². The number of alkyl halides is 2. The molecule has 0 amide bonds. The van der Waals surface area contributed by atoms with Crippen LogP contribution < -0.4 is 0 Å². The lowest BCUT2D eigenvalue weighted by Gasteiger charge is -2.04. The normalized spacial score (nSPS) is 10.2. The van der Waals surface area contributed by atoms with Crippen molar-refractivity contribution in [2.24, 2.45) is 0 Å². The second-order valence-electron chi connectivity index (χ2n) is 2.26. The molecule has 0 aliphatic carbocycles. The first-order chi connectivity index (χ1) is 6.16. The molecule has 0 aromatic carbocycles. The van der Waals surface area contributed by atoms with Gasteiger partial charge in [0.05, 0.1) is 18.2 Å². The highest BCUT2D eigenvalue weighted by molar-refractivity contribution is 5.90. The fourth-order valence-electron chi connectivity index (χ4n) is 0.876. The van der Waals surface area contributed by atoms with E-state index in [0.29, 0.717) is 0 Å². The molecule has 0 bridgehead atoms. The van der Waals surface area contributed by atoms with Crippen molar-refractivity contribution in [3.63, 3.8) is 0 Å². The lowest BCUT2D eigenvalue weighted by atomic mass is 10.1. The molecule has 0 atom stereocenters. The molecule has 0 radical (unpaired) electrons. The van der Waals surface area contributed by atoms with E-state index in [1.165, 1.54) is 12.3 Å². The van der Waals surface area contributed by atoms with Gasteiger partial charge in [0.2, 0.25) is 0 Å². The molecule has 1 heterocycles. The molecule has 0 saturated heterocycles. The number of nitrogens with zero attached hydrogens (tertiary/aromatic N) is 1. The maximum absolute atomic E-state index is 12.3. The van der Waals surface area contributed by atoms with Crippen molar-refractivity contribution in [1.82, 2.24) is 4.98 Å². The molecule has 0 N–H and O–H groups in total. The van der Waals surface area contributed by atoms with Crippen molar-refractivity contribution >= 4 is 5.97 Å². The van der Waals surface area contributed by atoms with Crippen LogP contribution in [0, 0.1) is 0 Å². The number of ether oxygens (including phenoxy) is 1. The number of carbonyl (C=O) groups is 1. The molecular formula is C8H7F2NO2. The van der Waals surface area contributed by atoms with E-state index in [1.54, 1.807) is 0 Å². The number of pyridine rings is 1. The zero-order valence-electron chi connectivity index (χ0n) is 6.83. The van der Waals surface area contributed by atoms with Crippen LogP contribution in [0.5, 0.6) is 0 Å². The minimum Gasteiger partial charge on any atom is -0.465 e. The monoisotopic (exact) mass is 187 g/mol. The molecule has 70 valence electrons. The third-order valence-electron chi connectivity index (χ3n) is 1.49. The zero-order valence-corrected chi connectivity index (χ0v) is 6.83. The molecule has 0 aliphatic rings. The number of rotatable bonds is 2. The van der Waals surface area contributed by atoms with Crippen molar-refractivity contribution in [2.75, 3.05) is 7.11 Å². The summed E-state index contributed by atoms with van der Waals surface area (Å²) in [7, 11) is 1.14. The summed E-state index contributed by atoms with van der Waals surface area (Å²) >= 11 is 0. The van der Waals surface area contributed by atoms with Crippen LogP contribution in [0.2, 0.25) is 0 Å². The van der Waals surface area contributed by atoms with Gasteiger partial charge in [-0.1, -0.05) is 0 Å². The highest BCUT2D eigenvalue weighted by Crippen LogP contribution is 2.21. The van der Waals surface area contributed by atoms with Crippen LogP contribution in [-0.2, 0) is 4.74 Å². The Balaban J connectivity index is 3.12. The Bertz CT molecular complexity index is 315. The van der Waals surface area contributed by atoms with Gasteiger partial charge in [0.25, 0.3) is 6.43 Å². The second kappa shape index (κ2) is 3.93. The van der Waals surface area contributed by atoms with Crippen molar-refractivity contribution in [2.45, 2.75) is 6.43 Å². The molecule has 0 fully saturated rings. The Morgan fingerprint density at radius 1 is 1.62 bits per heavy atom. The Morgan fingerprint density at radius 3 is 2.85 bits per heavy atom. The van der Waals surface area contributed by atoms with Crippen LogP contribution in [0.3, 0.4) is 0 Å². The summed E-state index contributed by atoms with van der Waals surface area (Å²) in [5, 5.41) is 0. The number of methoxy groups -OCH3 is 1. The van der Waals surface area contributed by atoms with E-state index in [1.807, 2.05) is 0 Å². The number of aromatic nitrogens is 1. The Hall–Kier alpha value is -1.52. The molecule has 0 unspecified atom stereocenters. The number of hydrogen-bond acceptors (Lipinski definition) is 3. The molecule has 5 heteroatoms. The average molecular weight is 187 g/mol. The first-order valence-corrected chi connectivity index (χ1v) is 3.47.